The number of phenolic OH excluding ortho intramolecular Hbond substituents is 1. The van der Waals surface area contributed by atoms with Gasteiger partial charge >= 0.3 is 0 Å². The van der Waals surface area contributed by atoms with E-state index < -0.39 is 5.82 Å². The first-order valence-corrected chi connectivity index (χ1v) is 8.00. The van der Waals surface area contributed by atoms with Gasteiger partial charge in [-0.25, -0.2) is 14.4 Å². The van der Waals surface area contributed by atoms with Crippen molar-refractivity contribution in [2.75, 3.05) is 5.32 Å². The van der Waals surface area contributed by atoms with Crippen molar-refractivity contribution in [2.45, 2.75) is 25.8 Å². The molecular weight excluding hydrogens is 301 g/mol. The second kappa shape index (κ2) is 5.21. The number of nitrogens with one attached hydrogen (secondary N) is 1. The number of hydrogen-bond acceptors (Lipinski definition) is 5. The minimum atomic E-state index is -0.608. The molecule has 1 aliphatic rings. The second-order valence-corrected chi connectivity index (χ2v) is 6.48. The number of aromatic nitrogens is 2. The number of fused-ring (bicyclic) bond motifs is 3. The molecule has 0 saturated carbocycles. The Morgan fingerprint density at radius 2 is 2.18 bits per heavy atom. The number of nitrogens with zero attached hydrogens (tertiary/aromatic N) is 2. The van der Waals surface area contributed by atoms with Crippen LogP contribution in [0.4, 0.5) is 10.2 Å². The Hall–Kier alpha value is -2.21. The SMILES string of the molecule is Oc1ccc(CNc2ncnc3sc4c(c23)CCC4)cc1F. The summed E-state index contributed by atoms with van der Waals surface area (Å²) in [5.74, 6) is -0.134. The normalized spacial score (nSPS) is 13.5. The first kappa shape index (κ1) is 13.5. The summed E-state index contributed by atoms with van der Waals surface area (Å²) in [7, 11) is 0. The minimum absolute atomic E-state index is 0.330. The zero-order valence-electron chi connectivity index (χ0n) is 11.8. The Balaban J connectivity index is 1.65. The van der Waals surface area contributed by atoms with Gasteiger partial charge in [-0.3, -0.25) is 0 Å². The summed E-state index contributed by atoms with van der Waals surface area (Å²) in [6.45, 7) is 0.452. The summed E-state index contributed by atoms with van der Waals surface area (Å²) < 4.78 is 13.4. The maximum absolute atomic E-state index is 13.4. The monoisotopic (exact) mass is 315 g/mol. The van der Waals surface area contributed by atoms with E-state index in [-0.39, 0.29) is 5.75 Å². The van der Waals surface area contributed by atoms with Crippen LogP contribution < -0.4 is 5.32 Å². The fourth-order valence-electron chi connectivity index (χ4n) is 2.91. The maximum atomic E-state index is 13.4. The molecule has 0 spiro atoms. The van der Waals surface area contributed by atoms with Gasteiger partial charge < -0.3 is 10.4 Å². The van der Waals surface area contributed by atoms with Gasteiger partial charge in [0.25, 0.3) is 0 Å². The van der Waals surface area contributed by atoms with Gasteiger partial charge in [0.1, 0.15) is 17.0 Å². The third-order valence-corrected chi connectivity index (χ3v) is 5.17. The molecular formula is C16H14FN3OS. The van der Waals surface area contributed by atoms with Crippen molar-refractivity contribution >= 4 is 27.4 Å². The van der Waals surface area contributed by atoms with Crippen molar-refractivity contribution in [1.82, 2.24) is 9.97 Å². The Morgan fingerprint density at radius 3 is 3.05 bits per heavy atom. The Bertz CT molecular complexity index is 862. The molecule has 0 radical (unpaired) electrons. The third kappa shape index (κ3) is 2.20. The van der Waals surface area contributed by atoms with E-state index in [9.17, 15) is 9.50 Å². The molecule has 1 aromatic carbocycles. The molecule has 6 heteroatoms. The molecule has 0 saturated heterocycles. The zero-order chi connectivity index (χ0) is 15.1. The lowest BCUT2D eigenvalue weighted by molar-refractivity contribution is 0.432. The molecule has 112 valence electrons. The number of hydrogen-bond donors (Lipinski definition) is 2. The van der Waals surface area contributed by atoms with E-state index >= 15 is 0 Å². The van der Waals surface area contributed by atoms with Gasteiger partial charge in [0.2, 0.25) is 0 Å². The molecule has 22 heavy (non-hydrogen) atoms. The van der Waals surface area contributed by atoms with E-state index in [0.717, 1.165) is 34.4 Å². The molecule has 2 aromatic heterocycles. The number of thiophene rings is 1. The number of aromatic hydroxyl groups is 1. The van der Waals surface area contributed by atoms with Gasteiger partial charge in [0, 0.05) is 11.4 Å². The molecule has 2 N–H and O–H groups in total. The van der Waals surface area contributed by atoms with Gasteiger partial charge in [-0.1, -0.05) is 6.07 Å². The van der Waals surface area contributed by atoms with E-state index in [0.29, 0.717) is 6.54 Å². The summed E-state index contributed by atoms with van der Waals surface area (Å²) >= 11 is 1.74. The number of halogens is 1. The van der Waals surface area contributed by atoms with Gasteiger partial charge in [-0.15, -0.1) is 11.3 Å². The van der Waals surface area contributed by atoms with Crippen molar-refractivity contribution < 1.29 is 9.50 Å². The fraction of sp³-hybridized carbons (Fsp3) is 0.250. The van der Waals surface area contributed by atoms with Crippen molar-refractivity contribution in [3.63, 3.8) is 0 Å². The molecule has 0 bridgehead atoms. The molecule has 1 aliphatic carbocycles. The summed E-state index contributed by atoms with van der Waals surface area (Å²) in [5.41, 5.74) is 2.12. The number of phenols is 1. The highest BCUT2D eigenvalue weighted by atomic mass is 32.1. The molecule has 4 nitrogen and oxygen atoms in total. The van der Waals surface area contributed by atoms with E-state index in [1.54, 1.807) is 23.7 Å². The average Bonchev–Trinajstić information content (AvgIpc) is 3.09. The molecule has 0 aliphatic heterocycles. The van der Waals surface area contributed by atoms with Crippen LogP contribution in [0.25, 0.3) is 10.2 Å². The van der Waals surface area contributed by atoms with Crippen LogP contribution >= 0.6 is 11.3 Å². The number of anilines is 1. The molecule has 4 rings (SSSR count). The number of benzene rings is 1. The lowest BCUT2D eigenvalue weighted by atomic mass is 10.1. The van der Waals surface area contributed by atoms with E-state index in [2.05, 4.69) is 15.3 Å². The Kier molecular flexibility index (Phi) is 3.18. The molecule has 3 aromatic rings. The van der Waals surface area contributed by atoms with Crippen LogP contribution in [0.1, 0.15) is 22.4 Å². The average molecular weight is 315 g/mol. The summed E-state index contributed by atoms with van der Waals surface area (Å²) in [6, 6.07) is 4.39. The van der Waals surface area contributed by atoms with Crippen LogP contribution in [0.15, 0.2) is 24.5 Å². The van der Waals surface area contributed by atoms with Crippen molar-refractivity contribution in [1.29, 1.82) is 0 Å². The van der Waals surface area contributed by atoms with E-state index in [1.165, 1.54) is 29.0 Å². The molecule has 2 heterocycles. The first-order valence-electron chi connectivity index (χ1n) is 7.19. The van der Waals surface area contributed by atoms with Crippen LogP contribution in [0.3, 0.4) is 0 Å². The second-order valence-electron chi connectivity index (χ2n) is 5.40. The van der Waals surface area contributed by atoms with Crippen LogP contribution in [0, 0.1) is 5.82 Å². The van der Waals surface area contributed by atoms with E-state index in [1.807, 2.05) is 0 Å². The standard InChI is InChI=1S/C16H14FN3OS/c17-11-6-9(4-5-12(11)21)7-18-15-14-10-2-1-3-13(10)22-16(14)20-8-19-15/h4-6,8,21H,1-3,7H2,(H,18,19,20). The van der Waals surface area contributed by atoms with Crippen molar-refractivity contribution in [3.05, 3.63) is 46.3 Å². The molecule has 0 amide bonds. The van der Waals surface area contributed by atoms with Crippen molar-refractivity contribution in [2.24, 2.45) is 0 Å². The number of aryl methyl sites for hydroxylation is 2. The van der Waals surface area contributed by atoms with Gasteiger partial charge in [0.05, 0.1) is 5.39 Å². The predicted molar refractivity (Wildman–Crippen MR) is 84.8 cm³/mol. The Morgan fingerprint density at radius 1 is 1.27 bits per heavy atom. The lowest BCUT2D eigenvalue weighted by Gasteiger charge is -2.08. The molecule has 0 unspecified atom stereocenters. The van der Waals surface area contributed by atoms with Gasteiger partial charge in [0.15, 0.2) is 11.6 Å². The van der Waals surface area contributed by atoms with Gasteiger partial charge in [-0.2, -0.15) is 0 Å². The summed E-state index contributed by atoms with van der Waals surface area (Å²) in [4.78, 5) is 11.1. The third-order valence-electron chi connectivity index (χ3n) is 3.97. The number of rotatable bonds is 3. The topological polar surface area (TPSA) is 58.0 Å². The zero-order valence-corrected chi connectivity index (χ0v) is 12.6. The lowest BCUT2D eigenvalue weighted by Crippen LogP contribution is -2.03. The Labute approximate surface area is 130 Å². The van der Waals surface area contributed by atoms with Crippen LogP contribution in [0.5, 0.6) is 5.75 Å². The molecule has 0 atom stereocenters. The molecule has 0 fully saturated rings. The van der Waals surface area contributed by atoms with Crippen LogP contribution in [-0.4, -0.2) is 15.1 Å². The predicted octanol–water partition coefficient (Wildman–Crippen LogP) is 3.64. The first-order chi connectivity index (χ1) is 10.7. The van der Waals surface area contributed by atoms with Crippen LogP contribution in [-0.2, 0) is 19.4 Å². The van der Waals surface area contributed by atoms with Gasteiger partial charge in [-0.05, 0) is 42.5 Å². The highest BCUT2D eigenvalue weighted by Crippen LogP contribution is 2.39. The smallest absolute Gasteiger partial charge is 0.165 e. The maximum Gasteiger partial charge on any atom is 0.165 e. The largest absolute Gasteiger partial charge is 0.505 e. The van der Waals surface area contributed by atoms with Crippen molar-refractivity contribution in [3.8, 4) is 5.75 Å². The van der Waals surface area contributed by atoms with E-state index in [4.69, 9.17) is 0 Å². The summed E-state index contributed by atoms with van der Waals surface area (Å²) in [6.07, 6.45) is 4.95. The minimum Gasteiger partial charge on any atom is -0.505 e. The highest BCUT2D eigenvalue weighted by Gasteiger charge is 2.21. The van der Waals surface area contributed by atoms with Crippen LogP contribution in [0.2, 0.25) is 0 Å². The fourth-order valence-corrected chi connectivity index (χ4v) is 4.14. The summed E-state index contributed by atoms with van der Waals surface area (Å²) in [5, 5.41) is 13.6. The quantitative estimate of drug-likeness (QED) is 0.775. The highest BCUT2D eigenvalue weighted by molar-refractivity contribution is 7.19.